The monoisotopic (exact) mass is 166 g/mol. The van der Waals surface area contributed by atoms with Gasteiger partial charge >= 0.3 is 5.97 Å². The Labute approximate surface area is 70.2 Å². The first kappa shape index (κ1) is 8.14. The second-order valence-corrected chi connectivity index (χ2v) is 2.47. The number of rotatable bonds is 1. The zero-order valence-electron chi connectivity index (χ0n) is 5.54. The Hall–Kier alpha value is -0.955. The molecule has 54 valence electrons. The van der Waals surface area contributed by atoms with Gasteiger partial charge in [-0.1, -0.05) is 23.1 Å². The normalized spacial score (nSPS) is 9.55. The van der Waals surface area contributed by atoms with Crippen LogP contribution in [0.5, 0.6) is 0 Å². The SMILES string of the molecule is [B]c1ccc(Cl)cc1C(=O)O. The summed E-state index contributed by atoms with van der Waals surface area (Å²) in [7, 11) is 5.35. The fraction of sp³-hybridized carbons (Fsp3) is 0. The highest BCUT2D eigenvalue weighted by Crippen LogP contribution is 2.08. The van der Waals surface area contributed by atoms with Crippen LogP contribution in [0.25, 0.3) is 0 Å². The molecule has 2 nitrogen and oxygen atoms in total. The predicted octanol–water partition coefficient (Wildman–Crippen LogP) is 0.832. The summed E-state index contributed by atoms with van der Waals surface area (Å²) in [5.41, 5.74) is 0.263. The van der Waals surface area contributed by atoms with E-state index < -0.39 is 5.97 Å². The van der Waals surface area contributed by atoms with Crippen LogP contribution in [0.15, 0.2) is 18.2 Å². The smallest absolute Gasteiger partial charge is 0.335 e. The molecule has 0 atom stereocenters. The molecule has 11 heavy (non-hydrogen) atoms. The first-order valence-electron chi connectivity index (χ1n) is 2.89. The van der Waals surface area contributed by atoms with Gasteiger partial charge in [-0.05, 0) is 12.1 Å². The van der Waals surface area contributed by atoms with Crippen molar-refractivity contribution in [2.75, 3.05) is 0 Å². The van der Waals surface area contributed by atoms with E-state index in [2.05, 4.69) is 0 Å². The highest BCUT2D eigenvalue weighted by atomic mass is 35.5. The van der Waals surface area contributed by atoms with Crippen LogP contribution < -0.4 is 5.46 Å². The molecule has 1 aromatic carbocycles. The highest BCUT2D eigenvalue weighted by molar-refractivity contribution is 6.37. The zero-order valence-corrected chi connectivity index (χ0v) is 6.30. The minimum absolute atomic E-state index is 0.0394. The van der Waals surface area contributed by atoms with E-state index in [-0.39, 0.29) is 11.0 Å². The van der Waals surface area contributed by atoms with Crippen molar-refractivity contribution < 1.29 is 9.90 Å². The van der Waals surface area contributed by atoms with E-state index >= 15 is 0 Å². The molecule has 0 aliphatic carbocycles. The third-order valence-electron chi connectivity index (χ3n) is 1.25. The Balaban J connectivity index is 3.23. The van der Waals surface area contributed by atoms with E-state index in [0.29, 0.717) is 5.02 Å². The van der Waals surface area contributed by atoms with Gasteiger partial charge in [-0.3, -0.25) is 0 Å². The molecule has 0 unspecified atom stereocenters. The van der Waals surface area contributed by atoms with Crippen LogP contribution in [0.3, 0.4) is 0 Å². The largest absolute Gasteiger partial charge is 0.478 e. The van der Waals surface area contributed by atoms with Gasteiger partial charge in [0.05, 0.1) is 5.56 Å². The average molecular weight is 166 g/mol. The van der Waals surface area contributed by atoms with Crippen molar-refractivity contribution in [2.24, 2.45) is 0 Å². The maximum absolute atomic E-state index is 10.4. The van der Waals surface area contributed by atoms with E-state index in [1.54, 1.807) is 6.07 Å². The molecule has 0 saturated carbocycles. The summed E-state index contributed by atoms with van der Waals surface area (Å²) in [5.74, 6) is -1.06. The van der Waals surface area contributed by atoms with Crippen molar-refractivity contribution in [3.63, 3.8) is 0 Å². The summed E-state index contributed by atoms with van der Waals surface area (Å²) in [6, 6.07) is 4.33. The minimum atomic E-state index is -1.06. The van der Waals surface area contributed by atoms with Crippen molar-refractivity contribution in [1.29, 1.82) is 0 Å². The minimum Gasteiger partial charge on any atom is -0.478 e. The number of carboxylic acids is 1. The molecule has 0 fully saturated rings. The molecule has 0 spiro atoms. The van der Waals surface area contributed by atoms with Crippen LogP contribution >= 0.6 is 11.6 Å². The van der Waals surface area contributed by atoms with Crippen molar-refractivity contribution in [2.45, 2.75) is 0 Å². The van der Waals surface area contributed by atoms with Crippen LogP contribution in [0.2, 0.25) is 5.02 Å². The van der Waals surface area contributed by atoms with Gasteiger partial charge in [0.15, 0.2) is 0 Å². The Morgan fingerprint density at radius 3 is 2.64 bits per heavy atom. The maximum atomic E-state index is 10.4. The van der Waals surface area contributed by atoms with Crippen molar-refractivity contribution in [3.05, 3.63) is 28.8 Å². The van der Waals surface area contributed by atoms with Crippen molar-refractivity contribution >= 4 is 30.9 Å². The Bertz CT molecular complexity index is 298. The van der Waals surface area contributed by atoms with Gasteiger partial charge < -0.3 is 5.11 Å². The molecule has 0 heterocycles. The fourth-order valence-corrected chi connectivity index (χ4v) is 0.886. The maximum Gasteiger partial charge on any atom is 0.335 e. The third-order valence-corrected chi connectivity index (χ3v) is 1.48. The van der Waals surface area contributed by atoms with Gasteiger partial charge in [0.25, 0.3) is 0 Å². The van der Waals surface area contributed by atoms with Gasteiger partial charge in [0, 0.05) is 5.02 Å². The molecule has 0 aliphatic heterocycles. The lowest BCUT2D eigenvalue weighted by atomic mass is 9.91. The zero-order chi connectivity index (χ0) is 8.43. The molecular formula is C7H4BClO2. The van der Waals surface area contributed by atoms with Gasteiger partial charge in [-0.25, -0.2) is 4.79 Å². The average Bonchev–Trinajstić information content (AvgIpc) is 1.94. The quantitative estimate of drug-likeness (QED) is 0.628. The number of carboxylic acid groups (broad SMARTS) is 1. The number of halogens is 1. The topological polar surface area (TPSA) is 37.3 Å². The lowest BCUT2D eigenvalue weighted by molar-refractivity contribution is 0.0698. The van der Waals surface area contributed by atoms with Gasteiger partial charge in [0.1, 0.15) is 7.85 Å². The molecule has 0 aliphatic rings. The first-order valence-corrected chi connectivity index (χ1v) is 3.27. The third kappa shape index (κ3) is 1.74. The van der Waals surface area contributed by atoms with E-state index in [1.807, 2.05) is 0 Å². The lowest BCUT2D eigenvalue weighted by Crippen LogP contribution is -2.14. The van der Waals surface area contributed by atoms with Crippen LogP contribution in [-0.2, 0) is 0 Å². The van der Waals surface area contributed by atoms with Crippen LogP contribution in [-0.4, -0.2) is 18.9 Å². The molecule has 0 aromatic heterocycles. The molecule has 1 rings (SSSR count). The second-order valence-electron chi connectivity index (χ2n) is 2.04. The van der Waals surface area contributed by atoms with Gasteiger partial charge in [0.2, 0.25) is 0 Å². The van der Waals surface area contributed by atoms with Crippen molar-refractivity contribution in [3.8, 4) is 0 Å². The summed E-state index contributed by atoms with van der Waals surface area (Å²) >= 11 is 5.54. The molecule has 0 bridgehead atoms. The Morgan fingerprint density at radius 1 is 1.55 bits per heavy atom. The summed E-state index contributed by atoms with van der Waals surface area (Å²) in [5, 5.41) is 8.92. The summed E-state index contributed by atoms with van der Waals surface area (Å²) in [4.78, 5) is 10.4. The van der Waals surface area contributed by atoms with E-state index in [0.717, 1.165) is 0 Å². The Kier molecular flexibility index (Phi) is 2.20. The second kappa shape index (κ2) is 2.97. The highest BCUT2D eigenvalue weighted by Gasteiger charge is 2.05. The molecule has 1 aromatic rings. The number of hydrogen-bond acceptors (Lipinski definition) is 1. The standard InChI is InChI=1S/C7H4BClO2/c8-6-2-1-4(9)3-5(6)7(10)11/h1-3H,(H,10,11). The molecule has 4 heteroatoms. The van der Waals surface area contributed by atoms with E-state index in [9.17, 15) is 4.79 Å². The molecule has 0 saturated heterocycles. The van der Waals surface area contributed by atoms with Gasteiger partial charge in [-0.15, -0.1) is 0 Å². The van der Waals surface area contributed by atoms with Crippen LogP contribution in [0, 0.1) is 0 Å². The van der Waals surface area contributed by atoms with Crippen LogP contribution in [0.4, 0.5) is 0 Å². The number of benzene rings is 1. The van der Waals surface area contributed by atoms with Crippen molar-refractivity contribution in [1.82, 2.24) is 0 Å². The number of hydrogen-bond donors (Lipinski definition) is 1. The summed E-state index contributed by atoms with van der Waals surface area (Å²) in [6.45, 7) is 0. The first-order chi connectivity index (χ1) is 5.11. The van der Waals surface area contributed by atoms with E-state index in [4.69, 9.17) is 24.6 Å². The summed E-state index contributed by atoms with van der Waals surface area (Å²) < 4.78 is 0. The predicted molar refractivity (Wildman–Crippen MR) is 43.8 cm³/mol. The van der Waals surface area contributed by atoms with Gasteiger partial charge in [-0.2, -0.15) is 0 Å². The Morgan fingerprint density at radius 2 is 2.18 bits per heavy atom. The molecule has 1 N–H and O–H groups in total. The van der Waals surface area contributed by atoms with E-state index in [1.165, 1.54) is 12.1 Å². The number of carbonyl (C=O) groups is 1. The fourth-order valence-electron chi connectivity index (χ4n) is 0.714. The molecule has 0 amide bonds. The number of aromatic carboxylic acids is 1. The summed E-state index contributed by atoms with van der Waals surface area (Å²) in [6.07, 6.45) is 0. The molecular weight excluding hydrogens is 162 g/mol. The molecule has 2 radical (unpaired) electrons. The van der Waals surface area contributed by atoms with Crippen LogP contribution in [0.1, 0.15) is 10.4 Å². The lowest BCUT2D eigenvalue weighted by Gasteiger charge is -1.99.